The zero-order valence-electron chi connectivity index (χ0n) is 9.12. The molecule has 5 nitrogen and oxygen atoms in total. The number of alkyl halides is 3. The number of hydrogen-bond donors (Lipinski definition) is 1. The molecule has 1 atom stereocenters. The van der Waals surface area contributed by atoms with Gasteiger partial charge in [0, 0.05) is 6.54 Å². The number of halogens is 3. The molecule has 1 saturated heterocycles. The van der Waals surface area contributed by atoms with Crippen LogP contribution in [-0.4, -0.2) is 50.2 Å². The lowest BCUT2D eigenvalue weighted by molar-refractivity contribution is -0.140. The molecule has 0 bridgehead atoms. The third-order valence-corrected chi connectivity index (χ3v) is 3.68. The van der Waals surface area contributed by atoms with Crippen LogP contribution in [0.15, 0.2) is 0 Å². The van der Waals surface area contributed by atoms with Gasteiger partial charge in [0.2, 0.25) is 15.9 Å². The average molecular weight is 274 g/mol. The fourth-order valence-electron chi connectivity index (χ4n) is 1.70. The van der Waals surface area contributed by atoms with Gasteiger partial charge in [0.15, 0.2) is 0 Å². The summed E-state index contributed by atoms with van der Waals surface area (Å²) in [5.41, 5.74) is 0. The lowest BCUT2D eigenvalue weighted by Gasteiger charge is -2.21. The van der Waals surface area contributed by atoms with Crippen LogP contribution in [0.5, 0.6) is 0 Å². The molecule has 1 N–H and O–H groups in total. The van der Waals surface area contributed by atoms with Gasteiger partial charge in [-0.15, -0.1) is 0 Å². The van der Waals surface area contributed by atoms with Gasteiger partial charge in [-0.25, -0.2) is 8.42 Å². The summed E-state index contributed by atoms with van der Waals surface area (Å²) in [7, 11) is -3.56. The lowest BCUT2D eigenvalue weighted by Crippen LogP contribution is -2.47. The Hall–Kier alpha value is -0.830. The summed E-state index contributed by atoms with van der Waals surface area (Å²) < 4.78 is 59.1. The Balaban J connectivity index is 2.63. The van der Waals surface area contributed by atoms with Gasteiger partial charge in [0.25, 0.3) is 0 Å². The zero-order chi connectivity index (χ0) is 13.3. The molecule has 0 aliphatic carbocycles. The van der Waals surface area contributed by atoms with E-state index >= 15 is 0 Å². The molecule has 17 heavy (non-hydrogen) atoms. The molecule has 1 rings (SSSR count). The highest BCUT2D eigenvalue weighted by Crippen LogP contribution is 2.21. The maximum Gasteiger partial charge on any atom is 0.405 e. The van der Waals surface area contributed by atoms with Crippen molar-refractivity contribution in [3.63, 3.8) is 0 Å². The van der Waals surface area contributed by atoms with E-state index in [-0.39, 0.29) is 13.0 Å². The van der Waals surface area contributed by atoms with E-state index in [0.717, 1.165) is 10.6 Å². The number of nitrogens with one attached hydrogen (secondary N) is 1. The summed E-state index contributed by atoms with van der Waals surface area (Å²) in [6.07, 6.45) is -2.85. The third kappa shape index (κ3) is 4.15. The molecule has 100 valence electrons. The summed E-state index contributed by atoms with van der Waals surface area (Å²) in [5.74, 6) is -0.898. The van der Waals surface area contributed by atoms with E-state index in [4.69, 9.17) is 0 Å². The Bertz CT molecular complexity index is 393. The van der Waals surface area contributed by atoms with Crippen LogP contribution in [0.3, 0.4) is 0 Å². The maximum atomic E-state index is 11.9. The van der Waals surface area contributed by atoms with Crippen LogP contribution in [0, 0.1) is 0 Å². The maximum absolute atomic E-state index is 11.9. The van der Waals surface area contributed by atoms with E-state index in [0.29, 0.717) is 6.42 Å². The number of sulfonamides is 1. The largest absolute Gasteiger partial charge is 0.405 e. The molecule has 1 unspecified atom stereocenters. The van der Waals surface area contributed by atoms with Crippen molar-refractivity contribution in [1.29, 1.82) is 0 Å². The van der Waals surface area contributed by atoms with E-state index in [1.54, 1.807) is 5.32 Å². The summed E-state index contributed by atoms with van der Waals surface area (Å²) >= 11 is 0. The summed E-state index contributed by atoms with van der Waals surface area (Å²) in [6.45, 7) is -1.27. The molecule has 1 amide bonds. The fraction of sp³-hybridized carbons (Fsp3) is 0.875. The minimum Gasteiger partial charge on any atom is -0.346 e. The van der Waals surface area contributed by atoms with Crippen molar-refractivity contribution in [3.8, 4) is 0 Å². The van der Waals surface area contributed by atoms with Gasteiger partial charge in [-0.05, 0) is 12.8 Å². The topological polar surface area (TPSA) is 66.5 Å². The van der Waals surface area contributed by atoms with E-state index in [2.05, 4.69) is 0 Å². The van der Waals surface area contributed by atoms with Crippen molar-refractivity contribution in [2.75, 3.05) is 19.3 Å². The molecular formula is C8H13F3N2O3S. The highest BCUT2D eigenvalue weighted by atomic mass is 32.2. The minimum atomic E-state index is -4.50. The second-order valence-electron chi connectivity index (χ2n) is 3.86. The van der Waals surface area contributed by atoms with Crippen molar-refractivity contribution in [2.24, 2.45) is 0 Å². The van der Waals surface area contributed by atoms with E-state index in [1.807, 2.05) is 0 Å². The number of carbonyl (C=O) groups excluding carboxylic acids is 1. The summed E-state index contributed by atoms with van der Waals surface area (Å²) in [6, 6.07) is -1.02. The molecule has 1 heterocycles. The Morgan fingerprint density at radius 3 is 2.53 bits per heavy atom. The molecule has 0 spiro atoms. The number of amides is 1. The second-order valence-corrected chi connectivity index (χ2v) is 5.80. The molecule has 0 aromatic rings. The van der Waals surface area contributed by atoms with Gasteiger partial charge >= 0.3 is 6.18 Å². The Morgan fingerprint density at radius 1 is 1.47 bits per heavy atom. The minimum absolute atomic E-state index is 0.170. The molecule has 1 aliphatic heterocycles. The van der Waals surface area contributed by atoms with Crippen molar-refractivity contribution < 1.29 is 26.4 Å². The highest BCUT2D eigenvalue weighted by Gasteiger charge is 2.37. The standard InChI is InChI=1S/C8H13F3N2O3S/c1-17(15,16)13-4-2-3-6(13)7(14)12-5-8(9,10)11/h6H,2-5H2,1H3,(H,12,14). The SMILES string of the molecule is CS(=O)(=O)N1CCCC1C(=O)NCC(F)(F)F. The molecule has 0 saturated carbocycles. The van der Waals surface area contributed by atoms with Crippen LogP contribution in [0.1, 0.15) is 12.8 Å². The first kappa shape index (κ1) is 14.2. The van der Waals surface area contributed by atoms with Crippen molar-refractivity contribution in [3.05, 3.63) is 0 Å². The van der Waals surface area contributed by atoms with Crippen molar-refractivity contribution in [2.45, 2.75) is 25.1 Å². The number of rotatable bonds is 3. The van der Waals surface area contributed by atoms with Gasteiger partial charge < -0.3 is 5.32 Å². The molecule has 1 aliphatic rings. The lowest BCUT2D eigenvalue weighted by atomic mass is 10.2. The van der Waals surface area contributed by atoms with E-state index in [1.165, 1.54) is 0 Å². The van der Waals surface area contributed by atoms with Crippen molar-refractivity contribution >= 4 is 15.9 Å². The molecule has 0 aromatic heterocycles. The first-order valence-electron chi connectivity index (χ1n) is 4.92. The smallest absolute Gasteiger partial charge is 0.346 e. The molecule has 1 fully saturated rings. The predicted octanol–water partition coefficient (Wildman–Crippen LogP) is 0.0889. The molecule has 0 radical (unpaired) electrons. The molecule has 9 heteroatoms. The third-order valence-electron chi connectivity index (χ3n) is 2.40. The number of carbonyl (C=O) groups is 1. The Kier molecular flexibility index (Phi) is 4.03. The number of hydrogen-bond acceptors (Lipinski definition) is 3. The summed E-state index contributed by atoms with van der Waals surface area (Å²) in [4.78, 5) is 11.4. The molecule has 0 aromatic carbocycles. The van der Waals surface area contributed by atoms with Gasteiger partial charge in [-0.3, -0.25) is 4.79 Å². The highest BCUT2D eigenvalue weighted by molar-refractivity contribution is 7.88. The predicted molar refractivity (Wildman–Crippen MR) is 53.6 cm³/mol. The van der Waals surface area contributed by atoms with Crippen LogP contribution in [0.25, 0.3) is 0 Å². The molecular weight excluding hydrogens is 261 g/mol. The van der Waals surface area contributed by atoms with Gasteiger partial charge in [-0.2, -0.15) is 17.5 Å². The second kappa shape index (κ2) is 4.81. The van der Waals surface area contributed by atoms with E-state index in [9.17, 15) is 26.4 Å². The first-order valence-corrected chi connectivity index (χ1v) is 6.77. The van der Waals surface area contributed by atoms with Crippen LogP contribution in [-0.2, 0) is 14.8 Å². The van der Waals surface area contributed by atoms with Gasteiger partial charge in [0.05, 0.1) is 6.26 Å². The van der Waals surface area contributed by atoms with Crippen LogP contribution in [0.4, 0.5) is 13.2 Å². The van der Waals surface area contributed by atoms with Crippen LogP contribution >= 0.6 is 0 Å². The van der Waals surface area contributed by atoms with Crippen molar-refractivity contribution in [1.82, 2.24) is 9.62 Å². The first-order chi connectivity index (χ1) is 7.61. The average Bonchev–Trinajstić information content (AvgIpc) is 2.60. The van der Waals surface area contributed by atoms with Gasteiger partial charge in [-0.1, -0.05) is 0 Å². The quantitative estimate of drug-likeness (QED) is 0.793. The van der Waals surface area contributed by atoms with Gasteiger partial charge in [0.1, 0.15) is 12.6 Å². The Morgan fingerprint density at radius 2 is 2.06 bits per heavy atom. The summed E-state index contributed by atoms with van der Waals surface area (Å²) in [5, 5.41) is 1.70. The normalized spacial score (nSPS) is 22.7. The Labute approximate surface area is 97.0 Å². The fourth-order valence-corrected chi connectivity index (χ4v) is 2.83. The van der Waals surface area contributed by atoms with E-state index < -0.39 is 34.7 Å². The van der Waals surface area contributed by atoms with Crippen LogP contribution in [0.2, 0.25) is 0 Å². The van der Waals surface area contributed by atoms with Crippen LogP contribution < -0.4 is 5.32 Å². The zero-order valence-corrected chi connectivity index (χ0v) is 9.94. The number of nitrogens with zero attached hydrogens (tertiary/aromatic N) is 1. The monoisotopic (exact) mass is 274 g/mol.